The number of piperazine rings is 1. The van der Waals surface area contributed by atoms with Crippen LogP contribution in [0.1, 0.15) is 35.7 Å². The Morgan fingerprint density at radius 2 is 1.66 bits per heavy atom. The van der Waals surface area contributed by atoms with Crippen molar-refractivity contribution in [3.8, 4) is 11.5 Å². The predicted molar refractivity (Wildman–Crippen MR) is 157 cm³/mol. The first-order valence-electron chi connectivity index (χ1n) is 13.1. The largest absolute Gasteiger partial charge is 0.497 e. The second-order valence-electron chi connectivity index (χ2n) is 9.65. The first-order valence-corrected chi connectivity index (χ1v) is 13.9. The van der Waals surface area contributed by atoms with E-state index in [9.17, 15) is 9.59 Å². The Morgan fingerprint density at radius 1 is 1.00 bits per heavy atom. The Morgan fingerprint density at radius 3 is 2.27 bits per heavy atom. The molecule has 0 radical (unpaired) electrons. The molecular weight excluding hydrogens is 567 g/mol. The fraction of sp³-hybridized carbons (Fsp3) is 0.300. The first-order chi connectivity index (χ1) is 19.8. The van der Waals surface area contributed by atoms with E-state index in [0.29, 0.717) is 46.0 Å². The first kappa shape index (κ1) is 28.7. The number of halogens is 2. The number of amidine groups is 1. The van der Waals surface area contributed by atoms with E-state index in [1.165, 1.54) is 4.90 Å². The molecule has 1 saturated heterocycles. The van der Waals surface area contributed by atoms with Crippen LogP contribution in [0.3, 0.4) is 0 Å². The molecule has 5 rings (SSSR count). The molecule has 3 atom stereocenters. The van der Waals surface area contributed by atoms with Gasteiger partial charge < -0.3 is 24.4 Å². The number of ether oxygens (including phenoxy) is 3. The average molecular weight is 597 g/mol. The van der Waals surface area contributed by atoms with Gasteiger partial charge in [0.05, 0.1) is 18.7 Å². The SMILES string of the molecule is COc1ccc(C2=N[C@@H](c3ccc(Cl)cc3)[C@@H](c3ccc(Cl)cc3)N2C(=O)N2CCNC(=O)C2)c(OC(C)OC)c1. The number of nitrogens with one attached hydrogen (secondary N) is 1. The zero-order chi connectivity index (χ0) is 29.1. The topological polar surface area (TPSA) is 92.7 Å². The zero-order valence-electron chi connectivity index (χ0n) is 22.8. The van der Waals surface area contributed by atoms with E-state index < -0.39 is 18.4 Å². The number of rotatable bonds is 7. The molecule has 0 bridgehead atoms. The van der Waals surface area contributed by atoms with Gasteiger partial charge in [-0.05, 0) is 54.4 Å². The molecule has 1 N–H and O–H groups in total. The van der Waals surface area contributed by atoms with Crippen LogP contribution in [0.25, 0.3) is 0 Å². The van der Waals surface area contributed by atoms with Crippen LogP contribution in [-0.4, -0.2) is 67.7 Å². The van der Waals surface area contributed by atoms with Gasteiger partial charge in [0, 0.05) is 36.3 Å². The molecule has 1 unspecified atom stereocenters. The van der Waals surface area contributed by atoms with Crippen LogP contribution in [0.2, 0.25) is 10.0 Å². The fourth-order valence-corrected chi connectivity index (χ4v) is 5.20. The molecule has 41 heavy (non-hydrogen) atoms. The highest BCUT2D eigenvalue weighted by atomic mass is 35.5. The summed E-state index contributed by atoms with van der Waals surface area (Å²) in [4.78, 5) is 35.0. The minimum Gasteiger partial charge on any atom is -0.497 e. The zero-order valence-corrected chi connectivity index (χ0v) is 24.4. The highest BCUT2D eigenvalue weighted by Gasteiger charge is 2.45. The Balaban J connectivity index is 1.70. The number of hydrogen-bond acceptors (Lipinski definition) is 6. The lowest BCUT2D eigenvalue weighted by molar-refractivity contribution is -0.123. The minimum atomic E-state index is -0.586. The van der Waals surface area contributed by atoms with E-state index in [1.54, 1.807) is 62.4 Å². The van der Waals surface area contributed by atoms with E-state index in [1.807, 2.05) is 30.3 Å². The van der Waals surface area contributed by atoms with Gasteiger partial charge in [0.1, 0.15) is 29.9 Å². The van der Waals surface area contributed by atoms with Crippen molar-refractivity contribution in [2.45, 2.75) is 25.3 Å². The van der Waals surface area contributed by atoms with Crippen molar-refractivity contribution in [1.29, 1.82) is 0 Å². The standard InChI is InChI=1S/C30H30Cl2N4O5/c1-18(39-2)41-25-16-23(40-3)12-13-24(25)29-34-27(19-4-8-21(31)9-5-19)28(20-6-10-22(32)11-7-20)36(29)30(38)35-15-14-33-26(37)17-35/h4-13,16,18,27-28H,14-15,17H2,1-3H3,(H,33,37)/t18?,27-,28+/m0/s1. The van der Waals surface area contributed by atoms with Crippen molar-refractivity contribution in [1.82, 2.24) is 15.1 Å². The molecule has 1 fully saturated rings. The van der Waals surface area contributed by atoms with E-state index in [-0.39, 0.29) is 18.5 Å². The van der Waals surface area contributed by atoms with Gasteiger partial charge in [-0.15, -0.1) is 0 Å². The Kier molecular flexibility index (Phi) is 8.68. The highest BCUT2D eigenvalue weighted by molar-refractivity contribution is 6.30. The van der Waals surface area contributed by atoms with Crippen molar-refractivity contribution in [3.63, 3.8) is 0 Å². The lowest BCUT2D eigenvalue weighted by Crippen LogP contribution is -2.55. The van der Waals surface area contributed by atoms with Gasteiger partial charge in [0.2, 0.25) is 5.91 Å². The molecule has 0 aliphatic carbocycles. The van der Waals surface area contributed by atoms with E-state index >= 15 is 0 Å². The third kappa shape index (κ3) is 6.12. The number of carbonyl (C=O) groups is 2. The van der Waals surface area contributed by atoms with Gasteiger partial charge in [0.15, 0.2) is 6.29 Å². The number of amides is 3. The Hall–Kier alpha value is -3.79. The molecule has 0 aromatic heterocycles. The summed E-state index contributed by atoms with van der Waals surface area (Å²) in [5.74, 6) is 1.17. The molecule has 2 aliphatic rings. The van der Waals surface area contributed by atoms with E-state index in [4.69, 9.17) is 42.4 Å². The van der Waals surface area contributed by atoms with Gasteiger partial charge in [-0.1, -0.05) is 47.5 Å². The lowest BCUT2D eigenvalue weighted by atomic mass is 9.93. The van der Waals surface area contributed by atoms with Crippen LogP contribution in [0.4, 0.5) is 4.79 Å². The number of urea groups is 1. The summed E-state index contributed by atoms with van der Waals surface area (Å²) in [6.07, 6.45) is -0.586. The van der Waals surface area contributed by atoms with Crippen molar-refractivity contribution >= 4 is 41.0 Å². The van der Waals surface area contributed by atoms with Gasteiger partial charge in [-0.2, -0.15) is 0 Å². The quantitative estimate of drug-likeness (QED) is 0.365. The van der Waals surface area contributed by atoms with Gasteiger partial charge in [-0.25, -0.2) is 4.79 Å². The molecule has 0 saturated carbocycles. The number of methoxy groups -OCH3 is 2. The summed E-state index contributed by atoms with van der Waals surface area (Å²) >= 11 is 12.5. The molecule has 9 nitrogen and oxygen atoms in total. The maximum Gasteiger partial charge on any atom is 0.326 e. The monoisotopic (exact) mass is 596 g/mol. The summed E-state index contributed by atoms with van der Waals surface area (Å²) in [6, 6.07) is 18.7. The van der Waals surface area contributed by atoms with Crippen LogP contribution in [0, 0.1) is 0 Å². The molecular formula is C30H30Cl2N4O5. The van der Waals surface area contributed by atoms with Crippen LogP contribution in [0.5, 0.6) is 11.5 Å². The normalized spacial score (nSPS) is 19.4. The third-order valence-corrected chi connectivity index (χ3v) is 7.56. The number of hydrogen-bond donors (Lipinski definition) is 1. The van der Waals surface area contributed by atoms with Crippen LogP contribution < -0.4 is 14.8 Å². The number of aliphatic imine (C=N–C) groups is 1. The van der Waals surface area contributed by atoms with Crippen molar-refractivity contribution < 1.29 is 23.8 Å². The summed E-state index contributed by atoms with van der Waals surface area (Å²) in [7, 11) is 3.11. The van der Waals surface area contributed by atoms with E-state index in [2.05, 4.69) is 5.32 Å². The molecule has 0 spiro atoms. The number of benzene rings is 3. The smallest absolute Gasteiger partial charge is 0.326 e. The van der Waals surface area contributed by atoms with Gasteiger partial charge >= 0.3 is 6.03 Å². The van der Waals surface area contributed by atoms with Gasteiger partial charge in [-0.3, -0.25) is 14.7 Å². The van der Waals surface area contributed by atoms with Gasteiger partial charge in [0.25, 0.3) is 0 Å². The molecule has 3 aromatic rings. The van der Waals surface area contributed by atoms with Crippen molar-refractivity contribution in [3.05, 3.63) is 93.5 Å². The number of carbonyl (C=O) groups excluding carboxylic acids is 2. The molecule has 214 valence electrons. The van der Waals surface area contributed by atoms with Crippen LogP contribution >= 0.6 is 23.2 Å². The Labute approximate surface area is 248 Å². The lowest BCUT2D eigenvalue weighted by Gasteiger charge is -2.36. The molecule has 3 aromatic carbocycles. The molecule has 2 heterocycles. The maximum atomic E-state index is 14.4. The second kappa shape index (κ2) is 12.4. The fourth-order valence-electron chi connectivity index (χ4n) is 4.95. The maximum absolute atomic E-state index is 14.4. The molecule has 11 heteroatoms. The van der Waals surface area contributed by atoms with Crippen LogP contribution in [0.15, 0.2) is 71.7 Å². The van der Waals surface area contributed by atoms with Crippen molar-refractivity contribution in [2.24, 2.45) is 4.99 Å². The highest BCUT2D eigenvalue weighted by Crippen LogP contribution is 2.46. The van der Waals surface area contributed by atoms with Crippen LogP contribution in [-0.2, 0) is 9.53 Å². The number of nitrogens with zero attached hydrogens (tertiary/aromatic N) is 3. The predicted octanol–water partition coefficient (Wildman–Crippen LogP) is 5.47. The molecule has 2 aliphatic heterocycles. The third-order valence-electron chi connectivity index (χ3n) is 7.06. The van der Waals surface area contributed by atoms with Crippen molar-refractivity contribution in [2.75, 3.05) is 33.9 Å². The summed E-state index contributed by atoms with van der Waals surface area (Å²) < 4.78 is 16.9. The average Bonchev–Trinajstić information content (AvgIpc) is 3.37. The van der Waals surface area contributed by atoms with E-state index in [0.717, 1.165) is 11.1 Å². The Bertz CT molecular complexity index is 1450. The summed E-state index contributed by atoms with van der Waals surface area (Å²) in [5, 5.41) is 3.94. The summed E-state index contributed by atoms with van der Waals surface area (Å²) in [5.41, 5.74) is 2.25. The summed E-state index contributed by atoms with van der Waals surface area (Å²) in [6.45, 7) is 2.43. The minimum absolute atomic E-state index is 0.0613. The molecule has 3 amide bonds. The second-order valence-corrected chi connectivity index (χ2v) is 10.5.